The molecule has 0 aromatic carbocycles. The van der Waals surface area contributed by atoms with E-state index in [0.29, 0.717) is 17.2 Å². The number of aromatic nitrogens is 4. The second kappa shape index (κ2) is 8.36. The van der Waals surface area contributed by atoms with Crippen molar-refractivity contribution in [3.05, 3.63) is 59.9 Å². The van der Waals surface area contributed by atoms with Gasteiger partial charge in [0.25, 0.3) is 5.91 Å². The Kier molecular flexibility index (Phi) is 5.27. The number of amides is 1. The second-order valence-corrected chi connectivity index (χ2v) is 8.49. The summed E-state index contributed by atoms with van der Waals surface area (Å²) in [6.45, 7) is 1.57. The first-order chi connectivity index (χ1) is 14.8. The molecule has 4 aromatic heterocycles. The van der Waals surface area contributed by atoms with Crippen LogP contribution in [0, 0.1) is 0 Å². The van der Waals surface area contributed by atoms with Crippen LogP contribution in [-0.4, -0.2) is 43.6 Å². The summed E-state index contributed by atoms with van der Waals surface area (Å²) >= 11 is 1.65. The molecule has 0 saturated carbocycles. The van der Waals surface area contributed by atoms with Gasteiger partial charge in [-0.05, 0) is 42.5 Å². The fourth-order valence-corrected chi connectivity index (χ4v) is 4.83. The van der Waals surface area contributed by atoms with Crippen molar-refractivity contribution in [2.75, 3.05) is 13.1 Å². The molecule has 0 aliphatic carbocycles. The third-order valence-electron chi connectivity index (χ3n) is 5.57. The molecule has 1 fully saturated rings. The Balaban J connectivity index is 1.69. The molecule has 4 aromatic rings. The van der Waals surface area contributed by atoms with E-state index in [9.17, 15) is 4.79 Å². The number of hydrogen-bond acceptors (Lipinski definition) is 5. The summed E-state index contributed by atoms with van der Waals surface area (Å²) in [7, 11) is 0. The Labute approximate surface area is 179 Å². The largest absolute Gasteiger partial charge is 0.337 e. The Bertz CT molecular complexity index is 1150. The molecule has 0 radical (unpaired) electrons. The molecule has 30 heavy (non-hydrogen) atoms. The van der Waals surface area contributed by atoms with Gasteiger partial charge in [0.2, 0.25) is 0 Å². The van der Waals surface area contributed by atoms with Crippen LogP contribution in [-0.2, 0) is 0 Å². The number of hydrogen-bond donors (Lipinski definition) is 0. The average Bonchev–Trinajstić information content (AvgIpc) is 3.42. The fourth-order valence-electron chi connectivity index (χ4n) is 4.07. The van der Waals surface area contributed by atoms with Gasteiger partial charge in [0, 0.05) is 35.9 Å². The highest BCUT2D eigenvalue weighted by Gasteiger charge is 2.26. The molecule has 0 bridgehead atoms. The lowest BCUT2D eigenvalue weighted by atomic mass is 10.1. The summed E-state index contributed by atoms with van der Waals surface area (Å²) in [4.78, 5) is 25.8. The molecule has 1 aliphatic rings. The summed E-state index contributed by atoms with van der Waals surface area (Å²) in [6, 6.07) is 11.7. The molecular weight excluding hydrogens is 394 g/mol. The van der Waals surface area contributed by atoms with Crippen LogP contribution < -0.4 is 0 Å². The standard InChI is InChI=1S/C23H23N5OS/c29-23(27-14-6-2-1-3-7-15-27)21-20-17(18-9-8-16-30-18)11-13-25-22(20)28(26-21)19-10-4-5-12-24-19/h4-5,8-13,16H,1-3,6-7,14-15H2. The van der Waals surface area contributed by atoms with Gasteiger partial charge in [-0.25, -0.2) is 9.97 Å². The van der Waals surface area contributed by atoms with Gasteiger partial charge in [-0.1, -0.05) is 31.4 Å². The van der Waals surface area contributed by atoms with E-state index in [1.54, 1.807) is 28.4 Å². The first kappa shape index (κ1) is 18.9. The van der Waals surface area contributed by atoms with Gasteiger partial charge < -0.3 is 4.90 Å². The molecule has 1 aliphatic heterocycles. The molecule has 0 spiro atoms. The topological polar surface area (TPSA) is 63.9 Å². The molecular formula is C23H23N5OS. The second-order valence-electron chi connectivity index (χ2n) is 7.54. The Morgan fingerprint density at radius 3 is 2.47 bits per heavy atom. The molecule has 0 atom stereocenters. The zero-order valence-corrected chi connectivity index (χ0v) is 17.5. The third-order valence-corrected chi connectivity index (χ3v) is 6.47. The monoisotopic (exact) mass is 417 g/mol. The number of carbonyl (C=O) groups is 1. The lowest BCUT2D eigenvalue weighted by Gasteiger charge is -2.24. The van der Waals surface area contributed by atoms with Crippen LogP contribution in [0.2, 0.25) is 0 Å². The quantitative estimate of drug-likeness (QED) is 0.473. The summed E-state index contributed by atoms with van der Waals surface area (Å²) in [5.41, 5.74) is 2.12. The molecule has 7 heteroatoms. The molecule has 5 heterocycles. The normalized spacial score (nSPS) is 15.1. The van der Waals surface area contributed by atoms with Crippen LogP contribution in [0.15, 0.2) is 54.2 Å². The maximum Gasteiger partial charge on any atom is 0.275 e. The third kappa shape index (κ3) is 3.50. The summed E-state index contributed by atoms with van der Waals surface area (Å²) in [6.07, 6.45) is 9.20. The van der Waals surface area contributed by atoms with Crippen LogP contribution in [0.4, 0.5) is 0 Å². The summed E-state index contributed by atoms with van der Waals surface area (Å²) in [5, 5.41) is 7.61. The van der Waals surface area contributed by atoms with E-state index in [2.05, 4.69) is 16.0 Å². The number of carbonyl (C=O) groups excluding carboxylic acids is 1. The number of nitrogens with zero attached hydrogens (tertiary/aromatic N) is 5. The van der Waals surface area contributed by atoms with Crippen molar-refractivity contribution < 1.29 is 4.79 Å². The van der Waals surface area contributed by atoms with Crippen molar-refractivity contribution in [3.63, 3.8) is 0 Å². The first-order valence-corrected chi connectivity index (χ1v) is 11.3. The molecule has 5 rings (SSSR count). The minimum Gasteiger partial charge on any atom is -0.337 e. The van der Waals surface area contributed by atoms with E-state index < -0.39 is 0 Å². The average molecular weight is 418 g/mol. The number of rotatable bonds is 3. The van der Waals surface area contributed by atoms with Gasteiger partial charge in [0.15, 0.2) is 17.2 Å². The lowest BCUT2D eigenvalue weighted by Crippen LogP contribution is -2.34. The van der Waals surface area contributed by atoms with E-state index in [0.717, 1.165) is 41.8 Å². The van der Waals surface area contributed by atoms with E-state index >= 15 is 0 Å². The van der Waals surface area contributed by atoms with E-state index in [-0.39, 0.29) is 5.91 Å². The van der Waals surface area contributed by atoms with Crippen LogP contribution >= 0.6 is 11.3 Å². The van der Waals surface area contributed by atoms with E-state index in [1.807, 2.05) is 40.6 Å². The van der Waals surface area contributed by atoms with Crippen molar-refractivity contribution in [2.45, 2.75) is 32.1 Å². The van der Waals surface area contributed by atoms with Crippen molar-refractivity contribution in [3.8, 4) is 16.3 Å². The maximum absolute atomic E-state index is 13.7. The minimum atomic E-state index is -0.0117. The van der Waals surface area contributed by atoms with Crippen LogP contribution in [0.25, 0.3) is 27.3 Å². The van der Waals surface area contributed by atoms with Gasteiger partial charge >= 0.3 is 0 Å². The van der Waals surface area contributed by atoms with Crippen molar-refractivity contribution >= 4 is 28.3 Å². The predicted molar refractivity (Wildman–Crippen MR) is 119 cm³/mol. The smallest absolute Gasteiger partial charge is 0.275 e. The minimum absolute atomic E-state index is 0.0117. The van der Waals surface area contributed by atoms with E-state index in [4.69, 9.17) is 5.10 Å². The van der Waals surface area contributed by atoms with Crippen molar-refractivity contribution in [1.82, 2.24) is 24.6 Å². The van der Waals surface area contributed by atoms with Crippen LogP contribution in [0.3, 0.4) is 0 Å². The zero-order valence-electron chi connectivity index (χ0n) is 16.7. The Morgan fingerprint density at radius 2 is 1.73 bits per heavy atom. The molecule has 1 saturated heterocycles. The highest BCUT2D eigenvalue weighted by molar-refractivity contribution is 7.13. The number of thiophene rings is 1. The Hall–Kier alpha value is -3.06. The number of fused-ring (bicyclic) bond motifs is 1. The van der Waals surface area contributed by atoms with Crippen molar-refractivity contribution in [2.24, 2.45) is 0 Å². The van der Waals surface area contributed by atoms with Gasteiger partial charge in [-0.3, -0.25) is 4.79 Å². The van der Waals surface area contributed by atoms with Crippen molar-refractivity contribution in [1.29, 1.82) is 0 Å². The Morgan fingerprint density at radius 1 is 0.900 bits per heavy atom. The SMILES string of the molecule is O=C(c1nn(-c2ccccn2)c2nccc(-c3cccs3)c12)N1CCCCCCC1. The summed E-state index contributed by atoms with van der Waals surface area (Å²) in [5.74, 6) is 0.646. The highest BCUT2D eigenvalue weighted by Crippen LogP contribution is 2.34. The van der Waals surface area contributed by atoms with Gasteiger partial charge in [-0.2, -0.15) is 9.78 Å². The molecule has 6 nitrogen and oxygen atoms in total. The number of likely N-dealkylation sites (tertiary alicyclic amines) is 1. The van der Waals surface area contributed by atoms with Gasteiger partial charge in [0.05, 0.1) is 5.39 Å². The summed E-state index contributed by atoms with van der Waals surface area (Å²) < 4.78 is 1.70. The van der Waals surface area contributed by atoms with Crippen LogP contribution in [0.5, 0.6) is 0 Å². The predicted octanol–water partition coefficient (Wildman–Crippen LogP) is 4.95. The molecule has 0 N–H and O–H groups in total. The molecule has 0 unspecified atom stereocenters. The van der Waals surface area contributed by atoms with Gasteiger partial charge in [-0.15, -0.1) is 11.3 Å². The zero-order chi connectivity index (χ0) is 20.3. The lowest BCUT2D eigenvalue weighted by molar-refractivity contribution is 0.0738. The number of pyridine rings is 2. The van der Waals surface area contributed by atoms with Gasteiger partial charge in [0.1, 0.15) is 0 Å². The highest BCUT2D eigenvalue weighted by atomic mass is 32.1. The first-order valence-electron chi connectivity index (χ1n) is 10.5. The van der Waals surface area contributed by atoms with E-state index in [1.165, 1.54) is 19.3 Å². The molecule has 152 valence electrons. The van der Waals surface area contributed by atoms with Crippen LogP contribution in [0.1, 0.15) is 42.6 Å². The fraction of sp³-hybridized carbons (Fsp3) is 0.304. The molecule has 1 amide bonds. The maximum atomic E-state index is 13.7.